The molecule has 1 fully saturated rings. The van der Waals surface area contributed by atoms with Crippen molar-refractivity contribution in [2.45, 2.75) is 33.6 Å². The van der Waals surface area contributed by atoms with Gasteiger partial charge in [0, 0.05) is 37.5 Å². The largest absolute Gasteiger partial charge is 0.340 e. The molecule has 0 aliphatic carbocycles. The van der Waals surface area contributed by atoms with Crippen molar-refractivity contribution in [3.8, 4) is 0 Å². The molecule has 1 aliphatic rings. The van der Waals surface area contributed by atoms with Gasteiger partial charge in [0.1, 0.15) is 17.3 Å². The van der Waals surface area contributed by atoms with E-state index < -0.39 is 0 Å². The number of benzene rings is 1. The number of aryl methyl sites for hydroxylation is 1. The highest BCUT2D eigenvalue weighted by atomic mass is 16.2. The summed E-state index contributed by atoms with van der Waals surface area (Å²) in [6.45, 7) is 6.99. The summed E-state index contributed by atoms with van der Waals surface area (Å²) in [7, 11) is 0. The molecule has 1 aromatic heterocycles. The summed E-state index contributed by atoms with van der Waals surface area (Å²) in [5, 5.41) is 5.94. The van der Waals surface area contributed by atoms with Crippen LogP contribution in [0.2, 0.25) is 0 Å². The van der Waals surface area contributed by atoms with Crippen molar-refractivity contribution in [3.63, 3.8) is 0 Å². The van der Waals surface area contributed by atoms with Gasteiger partial charge in [-0.2, -0.15) is 0 Å². The van der Waals surface area contributed by atoms with Crippen LogP contribution in [-0.4, -0.2) is 39.8 Å². The number of likely N-dealkylation sites (tertiary alicyclic amines) is 1. The van der Waals surface area contributed by atoms with Crippen LogP contribution in [-0.2, 0) is 4.79 Å². The number of anilines is 3. The molecule has 0 atom stereocenters. The maximum Gasteiger partial charge on any atom is 0.272 e. The maximum atomic E-state index is 12.8. The molecule has 7 heteroatoms. The van der Waals surface area contributed by atoms with Crippen LogP contribution in [0, 0.1) is 12.8 Å². The Hall–Kier alpha value is -2.96. The summed E-state index contributed by atoms with van der Waals surface area (Å²) in [4.78, 5) is 34.6. The van der Waals surface area contributed by atoms with E-state index in [1.54, 1.807) is 13.0 Å². The number of amides is 2. The molecule has 0 spiro atoms. The first-order chi connectivity index (χ1) is 12.9. The molecule has 142 valence electrons. The molecule has 7 nitrogen and oxygen atoms in total. The molecule has 3 rings (SSSR count). The summed E-state index contributed by atoms with van der Waals surface area (Å²) in [5.41, 5.74) is 1.86. The molecule has 0 unspecified atom stereocenters. The minimum atomic E-state index is -0.131. The molecule has 2 amide bonds. The normalized spacial score (nSPS) is 14.7. The summed E-state index contributed by atoms with van der Waals surface area (Å²) < 4.78 is 0. The number of rotatable bonds is 4. The zero-order valence-corrected chi connectivity index (χ0v) is 16.0. The van der Waals surface area contributed by atoms with E-state index in [1.165, 1.54) is 6.92 Å². The lowest BCUT2D eigenvalue weighted by Crippen LogP contribution is -2.38. The molecule has 2 aromatic rings. The Morgan fingerprint density at radius 3 is 2.52 bits per heavy atom. The fraction of sp³-hybridized carbons (Fsp3) is 0.400. The van der Waals surface area contributed by atoms with Gasteiger partial charge in [0.2, 0.25) is 5.91 Å². The number of hydrogen-bond acceptors (Lipinski definition) is 5. The van der Waals surface area contributed by atoms with Crippen molar-refractivity contribution in [3.05, 3.63) is 41.9 Å². The van der Waals surface area contributed by atoms with Gasteiger partial charge >= 0.3 is 0 Å². The van der Waals surface area contributed by atoms with Crippen LogP contribution in [0.25, 0.3) is 0 Å². The van der Waals surface area contributed by atoms with Gasteiger partial charge in [-0.3, -0.25) is 9.59 Å². The monoisotopic (exact) mass is 367 g/mol. The van der Waals surface area contributed by atoms with Crippen LogP contribution in [0.5, 0.6) is 0 Å². The van der Waals surface area contributed by atoms with E-state index in [2.05, 4.69) is 27.5 Å². The minimum Gasteiger partial charge on any atom is -0.340 e. The van der Waals surface area contributed by atoms with E-state index in [-0.39, 0.29) is 11.8 Å². The van der Waals surface area contributed by atoms with Crippen LogP contribution in [0.15, 0.2) is 30.3 Å². The molecule has 1 aliphatic heterocycles. The maximum absolute atomic E-state index is 12.8. The van der Waals surface area contributed by atoms with Crippen LogP contribution < -0.4 is 10.6 Å². The van der Waals surface area contributed by atoms with Gasteiger partial charge in [0.15, 0.2) is 0 Å². The van der Waals surface area contributed by atoms with E-state index in [1.807, 2.05) is 29.2 Å². The molecule has 27 heavy (non-hydrogen) atoms. The SMILES string of the molecule is CC(=O)Nc1cccc(Nc2cc(C(=O)N3CCC(C)CC3)nc(C)n2)c1. The van der Waals surface area contributed by atoms with Crippen molar-refractivity contribution < 1.29 is 9.59 Å². The molecular formula is C20H25N5O2. The topological polar surface area (TPSA) is 87.2 Å². The second-order valence-corrected chi connectivity index (χ2v) is 7.05. The predicted octanol–water partition coefficient (Wildman–Crippen LogP) is 3.36. The third-order valence-corrected chi connectivity index (χ3v) is 4.58. The first-order valence-electron chi connectivity index (χ1n) is 9.20. The van der Waals surface area contributed by atoms with Crippen molar-refractivity contribution in [2.75, 3.05) is 23.7 Å². The second kappa shape index (κ2) is 8.16. The lowest BCUT2D eigenvalue weighted by molar-refractivity contribution is -0.114. The molecule has 0 bridgehead atoms. The molecule has 2 N–H and O–H groups in total. The third-order valence-electron chi connectivity index (χ3n) is 4.58. The average Bonchev–Trinajstić information content (AvgIpc) is 2.61. The Morgan fingerprint density at radius 1 is 1.11 bits per heavy atom. The molecule has 1 aromatic carbocycles. The van der Waals surface area contributed by atoms with Crippen molar-refractivity contribution >= 4 is 29.0 Å². The standard InChI is InChI=1S/C20H25N5O2/c1-13-7-9-25(10-8-13)20(27)18-12-19(22-14(2)21-18)24-17-6-4-5-16(11-17)23-15(3)26/h4-6,11-13H,7-10H2,1-3H3,(H,23,26)(H,21,22,24). The zero-order chi connectivity index (χ0) is 19.4. The fourth-order valence-electron chi connectivity index (χ4n) is 3.14. The number of aromatic nitrogens is 2. The highest BCUT2D eigenvalue weighted by Crippen LogP contribution is 2.21. The van der Waals surface area contributed by atoms with Gasteiger partial charge in [-0.05, 0) is 43.9 Å². The quantitative estimate of drug-likeness (QED) is 0.865. The van der Waals surface area contributed by atoms with Gasteiger partial charge in [-0.1, -0.05) is 13.0 Å². The Labute approximate surface area is 159 Å². The van der Waals surface area contributed by atoms with E-state index in [0.717, 1.165) is 31.6 Å². The molecule has 0 radical (unpaired) electrons. The average molecular weight is 367 g/mol. The van der Waals surface area contributed by atoms with Gasteiger partial charge in [-0.25, -0.2) is 9.97 Å². The molecular weight excluding hydrogens is 342 g/mol. The van der Waals surface area contributed by atoms with Gasteiger partial charge in [-0.15, -0.1) is 0 Å². The van der Waals surface area contributed by atoms with Crippen LogP contribution in [0.1, 0.15) is 43.0 Å². The highest BCUT2D eigenvalue weighted by molar-refractivity contribution is 5.93. The molecule has 0 saturated carbocycles. The van der Waals surface area contributed by atoms with E-state index in [0.29, 0.717) is 28.9 Å². The zero-order valence-electron chi connectivity index (χ0n) is 16.0. The smallest absolute Gasteiger partial charge is 0.272 e. The number of carbonyl (C=O) groups is 2. The first kappa shape index (κ1) is 18.8. The number of nitrogens with zero attached hydrogens (tertiary/aromatic N) is 3. The van der Waals surface area contributed by atoms with Crippen molar-refractivity contribution in [2.24, 2.45) is 5.92 Å². The number of nitrogens with one attached hydrogen (secondary N) is 2. The van der Waals surface area contributed by atoms with Crippen LogP contribution >= 0.6 is 0 Å². The molecule has 2 heterocycles. The highest BCUT2D eigenvalue weighted by Gasteiger charge is 2.23. The number of hydrogen-bond donors (Lipinski definition) is 2. The third kappa shape index (κ3) is 5.03. The van der Waals surface area contributed by atoms with E-state index in [9.17, 15) is 9.59 Å². The van der Waals surface area contributed by atoms with Crippen molar-refractivity contribution in [1.29, 1.82) is 0 Å². The first-order valence-corrected chi connectivity index (χ1v) is 9.20. The fourth-order valence-corrected chi connectivity index (χ4v) is 3.14. The summed E-state index contributed by atoms with van der Waals surface area (Å²) in [6, 6.07) is 9.01. The van der Waals surface area contributed by atoms with Crippen LogP contribution in [0.4, 0.5) is 17.2 Å². The number of carbonyl (C=O) groups excluding carboxylic acids is 2. The Balaban J connectivity index is 1.77. The van der Waals surface area contributed by atoms with Gasteiger partial charge in [0.05, 0.1) is 0 Å². The number of piperidine rings is 1. The Morgan fingerprint density at radius 2 is 1.81 bits per heavy atom. The Kier molecular flexibility index (Phi) is 5.69. The second-order valence-electron chi connectivity index (χ2n) is 7.05. The van der Waals surface area contributed by atoms with Gasteiger partial charge < -0.3 is 15.5 Å². The summed E-state index contributed by atoms with van der Waals surface area (Å²) in [5.74, 6) is 1.56. The predicted molar refractivity (Wildman–Crippen MR) is 105 cm³/mol. The summed E-state index contributed by atoms with van der Waals surface area (Å²) in [6.07, 6.45) is 2.05. The minimum absolute atomic E-state index is 0.0533. The lowest BCUT2D eigenvalue weighted by Gasteiger charge is -2.30. The van der Waals surface area contributed by atoms with E-state index in [4.69, 9.17) is 0 Å². The summed E-state index contributed by atoms with van der Waals surface area (Å²) >= 11 is 0. The van der Waals surface area contributed by atoms with Gasteiger partial charge in [0.25, 0.3) is 5.91 Å². The Bertz CT molecular complexity index is 844. The van der Waals surface area contributed by atoms with E-state index >= 15 is 0 Å². The van der Waals surface area contributed by atoms with Crippen LogP contribution in [0.3, 0.4) is 0 Å². The lowest BCUT2D eigenvalue weighted by atomic mass is 9.99. The van der Waals surface area contributed by atoms with Crippen molar-refractivity contribution in [1.82, 2.24) is 14.9 Å². The molecule has 1 saturated heterocycles.